The van der Waals surface area contributed by atoms with E-state index in [0.717, 1.165) is 21.8 Å². The number of nitrogens with one attached hydrogen (secondary N) is 1. The number of benzene rings is 2. The summed E-state index contributed by atoms with van der Waals surface area (Å²) in [7, 11) is 0. The van der Waals surface area contributed by atoms with Crippen LogP contribution in [0, 0.1) is 13.8 Å². The number of nitrogens with zero attached hydrogens (tertiary/aromatic N) is 4. The van der Waals surface area contributed by atoms with Crippen molar-refractivity contribution < 1.29 is 14.4 Å². The fourth-order valence-electron chi connectivity index (χ4n) is 4.90. The summed E-state index contributed by atoms with van der Waals surface area (Å²) >= 11 is 0. The predicted octanol–water partition coefficient (Wildman–Crippen LogP) is 2.84. The van der Waals surface area contributed by atoms with Crippen molar-refractivity contribution >= 4 is 23.7 Å². The zero-order valence-electron chi connectivity index (χ0n) is 20.5. The van der Waals surface area contributed by atoms with Crippen molar-refractivity contribution in [1.29, 1.82) is 0 Å². The Kier molecular flexibility index (Phi) is 6.18. The van der Waals surface area contributed by atoms with E-state index in [9.17, 15) is 14.4 Å². The van der Waals surface area contributed by atoms with E-state index in [-0.39, 0.29) is 12.5 Å². The summed E-state index contributed by atoms with van der Waals surface area (Å²) < 4.78 is 0. The molecule has 36 heavy (non-hydrogen) atoms. The van der Waals surface area contributed by atoms with Crippen LogP contribution in [0.5, 0.6) is 0 Å². The molecule has 2 saturated heterocycles. The quantitative estimate of drug-likeness (QED) is 0.564. The number of carbonyl (C=O) groups is 3. The van der Waals surface area contributed by atoms with E-state index < -0.39 is 17.5 Å². The molecule has 0 spiro atoms. The van der Waals surface area contributed by atoms with E-state index in [0.29, 0.717) is 37.3 Å². The van der Waals surface area contributed by atoms with Gasteiger partial charge in [-0.1, -0.05) is 54.6 Å². The van der Waals surface area contributed by atoms with Crippen LogP contribution in [0.3, 0.4) is 0 Å². The Hall–Kier alpha value is -4.20. The Bertz CT molecular complexity index is 1290. The van der Waals surface area contributed by atoms with Gasteiger partial charge in [-0.05, 0) is 48.2 Å². The van der Waals surface area contributed by atoms with Crippen molar-refractivity contribution in [3.05, 3.63) is 95.2 Å². The van der Waals surface area contributed by atoms with Crippen molar-refractivity contribution in [1.82, 2.24) is 20.1 Å². The van der Waals surface area contributed by atoms with Crippen molar-refractivity contribution in [2.45, 2.75) is 19.4 Å². The Morgan fingerprint density at radius 1 is 0.889 bits per heavy atom. The maximum atomic E-state index is 13.9. The van der Waals surface area contributed by atoms with E-state index in [1.807, 2.05) is 80.6 Å². The summed E-state index contributed by atoms with van der Waals surface area (Å²) in [5.74, 6) is 0.185. The van der Waals surface area contributed by atoms with E-state index in [1.54, 1.807) is 11.1 Å². The van der Waals surface area contributed by atoms with Crippen LogP contribution in [-0.2, 0) is 15.1 Å². The summed E-state index contributed by atoms with van der Waals surface area (Å²) in [6.45, 7) is 5.96. The number of hydrogen-bond acceptors (Lipinski definition) is 5. The topological polar surface area (TPSA) is 85.8 Å². The lowest BCUT2D eigenvalue weighted by atomic mass is 9.81. The molecule has 3 aromatic rings. The van der Waals surface area contributed by atoms with Crippen molar-refractivity contribution in [3.63, 3.8) is 0 Å². The number of urea groups is 1. The molecular formula is C28H29N5O3. The third-order valence-electron chi connectivity index (χ3n) is 7.15. The molecule has 1 aromatic heterocycles. The fourth-order valence-corrected chi connectivity index (χ4v) is 4.90. The van der Waals surface area contributed by atoms with Crippen molar-refractivity contribution in [2.24, 2.45) is 0 Å². The number of rotatable bonds is 5. The molecule has 8 heteroatoms. The minimum atomic E-state index is -1.38. The lowest BCUT2D eigenvalue weighted by Crippen LogP contribution is -2.52. The van der Waals surface area contributed by atoms with Gasteiger partial charge in [-0.3, -0.25) is 14.5 Å². The van der Waals surface area contributed by atoms with Gasteiger partial charge in [0.1, 0.15) is 12.4 Å². The minimum absolute atomic E-state index is 0.247. The lowest BCUT2D eigenvalue weighted by Gasteiger charge is -2.36. The molecule has 2 fully saturated rings. The van der Waals surface area contributed by atoms with Gasteiger partial charge in [-0.2, -0.15) is 0 Å². The SMILES string of the molecule is Cc1ccc([C@]2(c3ccccc3)NC(=O)N(CC(=O)N3CCN(c4ccccn4)CC3)C2=O)cc1C. The van der Waals surface area contributed by atoms with Crippen LogP contribution in [-0.4, -0.2) is 65.4 Å². The molecule has 8 nitrogen and oxygen atoms in total. The van der Waals surface area contributed by atoms with Gasteiger partial charge in [0.2, 0.25) is 5.91 Å². The Balaban J connectivity index is 1.37. The monoisotopic (exact) mass is 483 g/mol. The average Bonchev–Trinajstić information content (AvgIpc) is 3.17. The summed E-state index contributed by atoms with van der Waals surface area (Å²) in [6.07, 6.45) is 1.75. The maximum Gasteiger partial charge on any atom is 0.326 e. The second-order valence-corrected chi connectivity index (χ2v) is 9.29. The zero-order chi connectivity index (χ0) is 25.3. The normalized spacial score (nSPS) is 20.0. The number of piperazine rings is 1. The highest BCUT2D eigenvalue weighted by molar-refractivity contribution is 6.11. The molecule has 2 aromatic carbocycles. The number of pyridine rings is 1. The molecule has 1 atom stereocenters. The summed E-state index contributed by atoms with van der Waals surface area (Å²) in [5, 5.41) is 2.93. The van der Waals surface area contributed by atoms with Gasteiger partial charge >= 0.3 is 6.03 Å². The predicted molar refractivity (Wildman–Crippen MR) is 136 cm³/mol. The van der Waals surface area contributed by atoms with Crippen LogP contribution < -0.4 is 10.2 Å². The molecule has 184 valence electrons. The van der Waals surface area contributed by atoms with E-state index in [4.69, 9.17) is 0 Å². The van der Waals surface area contributed by atoms with Crippen LogP contribution in [0.2, 0.25) is 0 Å². The highest BCUT2D eigenvalue weighted by atomic mass is 16.2. The number of imide groups is 1. The molecule has 0 saturated carbocycles. The van der Waals surface area contributed by atoms with Crippen LogP contribution in [0.4, 0.5) is 10.6 Å². The Morgan fingerprint density at radius 3 is 2.28 bits per heavy atom. The van der Waals surface area contributed by atoms with Gasteiger partial charge in [0.05, 0.1) is 0 Å². The summed E-state index contributed by atoms with van der Waals surface area (Å²) in [4.78, 5) is 49.6. The molecule has 2 aliphatic rings. The van der Waals surface area contributed by atoms with E-state index in [1.165, 1.54) is 0 Å². The molecule has 0 unspecified atom stereocenters. The highest BCUT2D eigenvalue weighted by Gasteiger charge is 2.54. The molecule has 1 N–H and O–H groups in total. The summed E-state index contributed by atoms with van der Waals surface area (Å²) in [6, 6.07) is 20.1. The smallest absolute Gasteiger partial charge is 0.326 e. The van der Waals surface area contributed by atoms with Gasteiger partial charge in [-0.15, -0.1) is 0 Å². The molecule has 3 heterocycles. The first kappa shape index (κ1) is 23.5. The number of aryl methyl sites for hydroxylation is 2. The minimum Gasteiger partial charge on any atom is -0.353 e. The van der Waals surface area contributed by atoms with Crippen molar-refractivity contribution in [2.75, 3.05) is 37.6 Å². The first-order chi connectivity index (χ1) is 17.4. The third-order valence-corrected chi connectivity index (χ3v) is 7.15. The fraction of sp³-hybridized carbons (Fsp3) is 0.286. The van der Waals surface area contributed by atoms with Gasteiger partial charge in [0, 0.05) is 32.4 Å². The molecule has 5 rings (SSSR count). The van der Waals surface area contributed by atoms with Crippen molar-refractivity contribution in [3.8, 4) is 0 Å². The second-order valence-electron chi connectivity index (χ2n) is 9.29. The molecule has 0 radical (unpaired) electrons. The average molecular weight is 484 g/mol. The number of hydrogen-bond donors (Lipinski definition) is 1. The standard InChI is InChI=1S/C28H29N5O3/c1-20-11-12-23(18-21(20)2)28(22-8-4-3-5-9-22)26(35)33(27(36)30-28)19-25(34)32-16-14-31(15-17-32)24-10-6-7-13-29-24/h3-13,18H,14-17,19H2,1-2H3,(H,30,36)/t28-/m0/s1. The molecule has 4 amide bonds. The Morgan fingerprint density at radius 2 is 1.61 bits per heavy atom. The first-order valence-corrected chi connectivity index (χ1v) is 12.1. The number of anilines is 1. The molecule has 0 bridgehead atoms. The zero-order valence-corrected chi connectivity index (χ0v) is 20.5. The van der Waals surface area contributed by atoms with Crippen LogP contribution in [0.1, 0.15) is 22.3 Å². The third kappa shape index (κ3) is 4.08. The molecular weight excluding hydrogens is 454 g/mol. The van der Waals surface area contributed by atoms with Crippen LogP contribution >= 0.6 is 0 Å². The van der Waals surface area contributed by atoms with E-state index in [2.05, 4.69) is 15.2 Å². The number of amides is 4. The maximum absolute atomic E-state index is 13.9. The largest absolute Gasteiger partial charge is 0.353 e. The van der Waals surface area contributed by atoms with Gasteiger partial charge < -0.3 is 15.1 Å². The Labute approximate surface area is 210 Å². The van der Waals surface area contributed by atoms with Gasteiger partial charge in [0.25, 0.3) is 5.91 Å². The second kappa shape index (κ2) is 9.45. The number of carbonyl (C=O) groups excluding carboxylic acids is 3. The van der Waals surface area contributed by atoms with Gasteiger partial charge in [0.15, 0.2) is 5.54 Å². The van der Waals surface area contributed by atoms with Crippen LogP contribution in [0.25, 0.3) is 0 Å². The lowest BCUT2D eigenvalue weighted by molar-refractivity contribution is -0.138. The van der Waals surface area contributed by atoms with Crippen LogP contribution in [0.15, 0.2) is 72.9 Å². The summed E-state index contributed by atoms with van der Waals surface area (Å²) in [5.41, 5.74) is 2.06. The van der Waals surface area contributed by atoms with E-state index >= 15 is 0 Å². The molecule has 2 aliphatic heterocycles. The first-order valence-electron chi connectivity index (χ1n) is 12.1. The van der Waals surface area contributed by atoms with Gasteiger partial charge in [-0.25, -0.2) is 9.78 Å². The highest BCUT2D eigenvalue weighted by Crippen LogP contribution is 2.36. The number of aromatic nitrogens is 1. The molecule has 0 aliphatic carbocycles.